The lowest BCUT2D eigenvalue weighted by Gasteiger charge is -2.21. The van der Waals surface area contributed by atoms with E-state index in [1.165, 1.54) is 11.3 Å². The molecule has 0 aliphatic heterocycles. The van der Waals surface area contributed by atoms with Crippen LogP contribution in [0, 0.1) is 6.92 Å². The summed E-state index contributed by atoms with van der Waals surface area (Å²) in [5.41, 5.74) is 6.48. The Hall–Kier alpha value is -1.11. The quantitative estimate of drug-likeness (QED) is 0.779. The number of thiophene rings is 1. The lowest BCUT2D eigenvalue weighted by molar-refractivity contribution is 0.0521. The highest BCUT2D eigenvalue weighted by atomic mass is 32.1. The zero-order chi connectivity index (χ0) is 15.3. The second-order valence-corrected chi connectivity index (χ2v) is 6.74. The Morgan fingerprint density at radius 3 is 2.70 bits per heavy atom. The third kappa shape index (κ3) is 5.48. The average molecular weight is 300 g/mol. The Labute approximate surface area is 124 Å². The number of aryl methyl sites for hydroxylation is 1. The van der Waals surface area contributed by atoms with Gasteiger partial charge in [0, 0.05) is 17.5 Å². The van der Waals surface area contributed by atoms with Gasteiger partial charge >= 0.3 is 6.09 Å². The van der Waals surface area contributed by atoms with E-state index < -0.39 is 23.8 Å². The molecule has 0 radical (unpaired) electrons. The fraction of sp³-hybridized carbons (Fsp3) is 0.643. The van der Waals surface area contributed by atoms with E-state index in [1.54, 1.807) is 0 Å². The molecule has 1 aromatic heterocycles. The molecule has 0 bridgehead atoms. The van der Waals surface area contributed by atoms with E-state index in [2.05, 4.69) is 5.32 Å². The summed E-state index contributed by atoms with van der Waals surface area (Å²) in [6.45, 7) is 7.74. The number of alkyl carbamates (subject to hydrolysis) is 1. The van der Waals surface area contributed by atoms with Crippen molar-refractivity contribution in [1.82, 2.24) is 5.32 Å². The summed E-state index contributed by atoms with van der Waals surface area (Å²) in [5.74, 6) is 0. The molecule has 2 atom stereocenters. The van der Waals surface area contributed by atoms with E-state index >= 15 is 0 Å². The number of ether oxygens (including phenoxy) is 1. The zero-order valence-electron chi connectivity index (χ0n) is 12.5. The van der Waals surface area contributed by atoms with Crippen molar-refractivity contribution in [3.05, 3.63) is 21.9 Å². The van der Waals surface area contributed by atoms with Gasteiger partial charge in [-0.2, -0.15) is 0 Å². The summed E-state index contributed by atoms with van der Waals surface area (Å²) < 4.78 is 5.12. The third-order valence-electron chi connectivity index (χ3n) is 2.72. The smallest absolute Gasteiger partial charge is 0.407 e. The van der Waals surface area contributed by atoms with Crippen LogP contribution in [0.25, 0.3) is 0 Å². The molecule has 2 unspecified atom stereocenters. The Morgan fingerprint density at radius 1 is 1.55 bits per heavy atom. The summed E-state index contributed by atoms with van der Waals surface area (Å²) in [5, 5.41) is 14.7. The number of nitrogens with two attached hydrogens (primary N) is 1. The van der Waals surface area contributed by atoms with Gasteiger partial charge in [-0.1, -0.05) is 0 Å². The van der Waals surface area contributed by atoms with Gasteiger partial charge in [0.2, 0.25) is 0 Å². The SMILES string of the molecule is Cc1ccsc1C(O)C(N)CCNC(=O)OC(C)(C)C. The van der Waals surface area contributed by atoms with Crippen molar-refractivity contribution in [2.45, 2.75) is 51.9 Å². The summed E-state index contributed by atoms with van der Waals surface area (Å²) >= 11 is 1.49. The highest BCUT2D eigenvalue weighted by molar-refractivity contribution is 7.10. The summed E-state index contributed by atoms with van der Waals surface area (Å²) in [4.78, 5) is 12.3. The molecule has 1 rings (SSSR count). The lowest BCUT2D eigenvalue weighted by atomic mass is 10.0. The molecule has 20 heavy (non-hydrogen) atoms. The van der Waals surface area contributed by atoms with Crippen LogP contribution in [-0.2, 0) is 4.74 Å². The van der Waals surface area contributed by atoms with Crippen LogP contribution in [0.2, 0.25) is 0 Å². The van der Waals surface area contributed by atoms with Gasteiger partial charge in [-0.15, -0.1) is 11.3 Å². The van der Waals surface area contributed by atoms with Crippen molar-refractivity contribution < 1.29 is 14.6 Å². The average Bonchev–Trinajstić information content (AvgIpc) is 2.71. The molecule has 1 aromatic rings. The first-order chi connectivity index (χ1) is 9.20. The number of hydrogen-bond acceptors (Lipinski definition) is 5. The van der Waals surface area contributed by atoms with E-state index in [-0.39, 0.29) is 0 Å². The van der Waals surface area contributed by atoms with Gasteiger partial charge in [-0.05, 0) is 51.1 Å². The third-order valence-corrected chi connectivity index (χ3v) is 3.81. The van der Waals surface area contributed by atoms with Gasteiger partial charge in [-0.25, -0.2) is 4.79 Å². The van der Waals surface area contributed by atoms with Gasteiger partial charge in [0.25, 0.3) is 0 Å². The van der Waals surface area contributed by atoms with Crippen molar-refractivity contribution in [3.63, 3.8) is 0 Å². The van der Waals surface area contributed by atoms with Gasteiger partial charge in [0.05, 0.1) is 0 Å². The summed E-state index contributed by atoms with van der Waals surface area (Å²) in [6.07, 6.45) is -0.681. The predicted molar refractivity (Wildman–Crippen MR) is 80.8 cm³/mol. The first kappa shape index (κ1) is 16.9. The lowest BCUT2D eigenvalue weighted by Crippen LogP contribution is -2.37. The van der Waals surface area contributed by atoms with E-state index in [0.29, 0.717) is 13.0 Å². The van der Waals surface area contributed by atoms with Crippen molar-refractivity contribution in [2.24, 2.45) is 5.73 Å². The van der Waals surface area contributed by atoms with Crippen molar-refractivity contribution in [3.8, 4) is 0 Å². The number of amides is 1. The Morgan fingerprint density at radius 2 is 2.20 bits per heavy atom. The van der Waals surface area contributed by atoms with Crippen molar-refractivity contribution in [1.29, 1.82) is 0 Å². The molecular formula is C14H24N2O3S. The standard InChI is InChI=1S/C14H24N2O3S/c1-9-6-8-20-12(9)11(17)10(15)5-7-16-13(18)19-14(2,3)4/h6,8,10-11,17H,5,7,15H2,1-4H3,(H,16,18). The van der Waals surface area contributed by atoms with Crippen LogP contribution in [0.1, 0.15) is 43.7 Å². The number of hydrogen-bond donors (Lipinski definition) is 3. The van der Waals surface area contributed by atoms with E-state index in [1.807, 2.05) is 39.1 Å². The molecule has 0 saturated carbocycles. The Bertz CT molecular complexity index is 440. The molecule has 4 N–H and O–H groups in total. The fourth-order valence-electron chi connectivity index (χ4n) is 1.69. The first-order valence-corrected chi connectivity index (χ1v) is 7.53. The second kappa shape index (κ2) is 7.06. The van der Waals surface area contributed by atoms with Crippen LogP contribution in [0.4, 0.5) is 4.79 Å². The molecule has 5 nitrogen and oxygen atoms in total. The summed E-state index contributed by atoms with van der Waals surface area (Å²) in [6, 6.07) is 1.54. The largest absolute Gasteiger partial charge is 0.444 e. The van der Waals surface area contributed by atoms with Crippen molar-refractivity contribution >= 4 is 17.4 Å². The van der Waals surface area contributed by atoms with Crippen LogP contribution < -0.4 is 11.1 Å². The van der Waals surface area contributed by atoms with E-state index in [4.69, 9.17) is 10.5 Å². The zero-order valence-corrected chi connectivity index (χ0v) is 13.3. The van der Waals surface area contributed by atoms with Gasteiger partial charge < -0.3 is 20.9 Å². The van der Waals surface area contributed by atoms with Gasteiger partial charge in [0.1, 0.15) is 11.7 Å². The molecular weight excluding hydrogens is 276 g/mol. The van der Waals surface area contributed by atoms with E-state index in [9.17, 15) is 9.90 Å². The minimum atomic E-state index is -0.699. The normalized spacial score (nSPS) is 14.7. The van der Waals surface area contributed by atoms with Crippen LogP contribution >= 0.6 is 11.3 Å². The Balaban J connectivity index is 2.35. The van der Waals surface area contributed by atoms with Crippen LogP contribution in [0.5, 0.6) is 0 Å². The maximum atomic E-state index is 11.5. The second-order valence-electron chi connectivity index (χ2n) is 5.79. The highest BCUT2D eigenvalue weighted by Crippen LogP contribution is 2.26. The molecule has 0 saturated heterocycles. The molecule has 1 heterocycles. The Kier molecular flexibility index (Phi) is 5.98. The number of aliphatic hydroxyl groups excluding tert-OH is 1. The minimum Gasteiger partial charge on any atom is -0.444 e. The fourth-order valence-corrected chi connectivity index (χ4v) is 2.68. The monoisotopic (exact) mass is 300 g/mol. The van der Waals surface area contributed by atoms with Crippen LogP contribution in [0.15, 0.2) is 11.4 Å². The maximum Gasteiger partial charge on any atom is 0.407 e. The van der Waals surface area contributed by atoms with Gasteiger partial charge in [-0.3, -0.25) is 0 Å². The molecule has 6 heteroatoms. The maximum absolute atomic E-state index is 11.5. The number of carbonyl (C=O) groups excluding carboxylic acids is 1. The van der Waals surface area contributed by atoms with Crippen molar-refractivity contribution in [2.75, 3.05) is 6.54 Å². The van der Waals surface area contributed by atoms with Crippen LogP contribution in [0.3, 0.4) is 0 Å². The summed E-state index contributed by atoms with van der Waals surface area (Å²) in [7, 11) is 0. The first-order valence-electron chi connectivity index (χ1n) is 6.65. The van der Waals surface area contributed by atoms with E-state index in [0.717, 1.165) is 10.4 Å². The molecule has 0 aliphatic rings. The number of carbonyl (C=O) groups is 1. The number of nitrogens with one attached hydrogen (secondary N) is 1. The topological polar surface area (TPSA) is 84.6 Å². The molecule has 0 aliphatic carbocycles. The molecule has 114 valence electrons. The predicted octanol–water partition coefficient (Wildman–Crippen LogP) is 2.33. The molecule has 0 fully saturated rings. The number of rotatable bonds is 5. The molecule has 0 aromatic carbocycles. The van der Waals surface area contributed by atoms with Gasteiger partial charge in [0.15, 0.2) is 0 Å². The highest BCUT2D eigenvalue weighted by Gasteiger charge is 2.20. The minimum absolute atomic E-state index is 0.373. The molecule has 1 amide bonds. The molecule has 0 spiro atoms. The van der Waals surface area contributed by atoms with Crippen LogP contribution in [-0.4, -0.2) is 29.4 Å². The number of aliphatic hydroxyl groups is 1.